The van der Waals surface area contributed by atoms with Gasteiger partial charge in [-0.05, 0) is 69.6 Å². The Morgan fingerprint density at radius 2 is 1.89 bits per heavy atom. The van der Waals surface area contributed by atoms with Crippen LogP contribution in [0.1, 0.15) is 48.9 Å². The number of Topliss-reactive ketones (excluding diaryl/α,β-unsaturated/α-hetero) is 1. The zero-order valence-electron chi connectivity index (χ0n) is 15.7. The summed E-state index contributed by atoms with van der Waals surface area (Å²) in [6.07, 6.45) is 8.23. The molecule has 0 spiro atoms. The SMILES string of the molecule is O=C(CCCCN1CCCCC1)c1cc(-c2ccco2)nc2ccccc12. The maximum Gasteiger partial charge on any atom is 0.163 e. The van der Waals surface area contributed by atoms with Crippen LogP contribution in [0.5, 0.6) is 0 Å². The number of hydrogen-bond donors (Lipinski definition) is 0. The molecule has 0 amide bonds. The minimum absolute atomic E-state index is 0.194. The van der Waals surface area contributed by atoms with Crippen molar-refractivity contribution in [3.63, 3.8) is 0 Å². The normalized spacial score (nSPS) is 15.3. The van der Waals surface area contributed by atoms with Gasteiger partial charge in [-0.2, -0.15) is 0 Å². The Morgan fingerprint density at radius 3 is 2.70 bits per heavy atom. The van der Waals surface area contributed by atoms with Gasteiger partial charge >= 0.3 is 0 Å². The highest BCUT2D eigenvalue weighted by atomic mass is 16.3. The van der Waals surface area contributed by atoms with E-state index in [1.165, 1.54) is 32.4 Å². The number of unbranched alkanes of at least 4 members (excludes halogenated alkanes) is 1. The van der Waals surface area contributed by atoms with E-state index in [4.69, 9.17) is 4.42 Å². The summed E-state index contributed by atoms with van der Waals surface area (Å²) in [6, 6.07) is 13.5. The number of likely N-dealkylation sites (tertiary alicyclic amines) is 1. The molecule has 1 saturated heterocycles. The van der Waals surface area contributed by atoms with E-state index in [0.717, 1.165) is 41.5 Å². The van der Waals surface area contributed by atoms with Gasteiger partial charge in [0.05, 0.1) is 11.8 Å². The molecule has 2 aromatic heterocycles. The molecular weight excluding hydrogens is 336 g/mol. The minimum Gasteiger partial charge on any atom is -0.463 e. The molecule has 4 heteroatoms. The predicted molar refractivity (Wildman–Crippen MR) is 108 cm³/mol. The second kappa shape index (κ2) is 8.49. The fourth-order valence-electron chi connectivity index (χ4n) is 3.90. The second-order valence-corrected chi connectivity index (χ2v) is 7.33. The van der Waals surface area contributed by atoms with E-state index in [9.17, 15) is 4.79 Å². The Hall–Kier alpha value is -2.46. The smallest absolute Gasteiger partial charge is 0.163 e. The number of hydrogen-bond acceptors (Lipinski definition) is 4. The number of benzene rings is 1. The first-order valence-electron chi connectivity index (χ1n) is 10.0. The van der Waals surface area contributed by atoms with E-state index < -0.39 is 0 Å². The highest BCUT2D eigenvalue weighted by Crippen LogP contribution is 2.26. The minimum atomic E-state index is 0.194. The molecule has 4 rings (SSSR count). The summed E-state index contributed by atoms with van der Waals surface area (Å²) in [5.41, 5.74) is 2.31. The summed E-state index contributed by atoms with van der Waals surface area (Å²) in [5.74, 6) is 0.889. The van der Waals surface area contributed by atoms with Crippen LogP contribution in [-0.2, 0) is 0 Å². The molecule has 3 heterocycles. The third-order valence-electron chi connectivity index (χ3n) is 5.37. The van der Waals surface area contributed by atoms with Gasteiger partial charge in [0.1, 0.15) is 5.69 Å². The van der Waals surface area contributed by atoms with Crippen molar-refractivity contribution in [3.05, 3.63) is 54.3 Å². The lowest BCUT2D eigenvalue weighted by Crippen LogP contribution is -2.30. The highest BCUT2D eigenvalue weighted by Gasteiger charge is 2.15. The molecule has 1 fully saturated rings. The molecule has 4 nitrogen and oxygen atoms in total. The van der Waals surface area contributed by atoms with Crippen molar-refractivity contribution in [2.45, 2.75) is 38.5 Å². The van der Waals surface area contributed by atoms with Gasteiger partial charge in [-0.1, -0.05) is 24.6 Å². The zero-order valence-corrected chi connectivity index (χ0v) is 15.7. The van der Waals surface area contributed by atoms with Gasteiger partial charge in [0, 0.05) is 17.4 Å². The number of fused-ring (bicyclic) bond motifs is 1. The monoisotopic (exact) mass is 362 g/mol. The maximum atomic E-state index is 13.0. The lowest BCUT2D eigenvalue weighted by atomic mass is 9.99. The average molecular weight is 362 g/mol. The Labute approximate surface area is 160 Å². The molecule has 0 atom stereocenters. The molecule has 1 aliphatic heterocycles. The first-order valence-corrected chi connectivity index (χ1v) is 10.0. The van der Waals surface area contributed by atoms with Crippen molar-refractivity contribution in [3.8, 4) is 11.5 Å². The van der Waals surface area contributed by atoms with Crippen molar-refractivity contribution in [2.24, 2.45) is 0 Å². The van der Waals surface area contributed by atoms with Crippen LogP contribution in [0.2, 0.25) is 0 Å². The van der Waals surface area contributed by atoms with Gasteiger partial charge in [0.2, 0.25) is 0 Å². The summed E-state index contributed by atoms with van der Waals surface area (Å²) in [5, 5.41) is 0.925. The maximum absolute atomic E-state index is 13.0. The van der Waals surface area contributed by atoms with E-state index in [1.807, 2.05) is 42.5 Å². The summed E-state index contributed by atoms with van der Waals surface area (Å²) in [6.45, 7) is 3.55. The quantitative estimate of drug-likeness (QED) is 0.421. The van der Waals surface area contributed by atoms with Gasteiger partial charge in [-0.15, -0.1) is 0 Å². The third-order valence-corrected chi connectivity index (χ3v) is 5.37. The Morgan fingerprint density at radius 1 is 1.04 bits per heavy atom. The van der Waals surface area contributed by atoms with Crippen molar-refractivity contribution in [2.75, 3.05) is 19.6 Å². The molecule has 0 unspecified atom stereocenters. The summed E-state index contributed by atoms with van der Waals surface area (Å²) < 4.78 is 5.49. The summed E-state index contributed by atoms with van der Waals surface area (Å²) in [7, 11) is 0. The zero-order chi connectivity index (χ0) is 18.5. The fourth-order valence-corrected chi connectivity index (χ4v) is 3.90. The van der Waals surface area contributed by atoms with Crippen molar-refractivity contribution >= 4 is 16.7 Å². The number of pyridine rings is 1. The van der Waals surface area contributed by atoms with Crippen LogP contribution in [0.25, 0.3) is 22.4 Å². The van der Waals surface area contributed by atoms with Crippen LogP contribution in [-0.4, -0.2) is 35.3 Å². The molecule has 0 bridgehead atoms. The van der Waals surface area contributed by atoms with Gasteiger partial charge in [0.25, 0.3) is 0 Å². The van der Waals surface area contributed by atoms with Crippen LogP contribution in [0, 0.1) is 0 Å². The molecule has 0 aliphatic carbocycles. The predicted octanol–water partition coefficient (Wildman–Crippen LogP) is 5.33. The van der Waals surface area contributed by atoms with Gasteiger partial charge in [-0.3, -0.25) is 4.79 Å². The van der Waals surface area contributed by atoms with E-state index >= 15 is 0 Å². The molecule has 3 aromatic rings. The number of carbonyl (C=O) groups is 1. The Kier molecular flexibility index (Phi) is 5.64. The number of nitrogens with zero attached hydrogens (tertiary/aromatic N) is 2. The van der Waals surface area contributed by atoms with E-state index in [2.05, 4.69) is 9.88 Å². The molecule has 140 valence electrons. The molecule has 0 radical (unpaired) electrons. The van der Waals surface area contributed by atoms with Crippen molar-refractivity contribution < 1.29 is 9.21 Å². The molecule has 1 aromatic carbocycles. The number of piperidine rings is 1. The fraction of sp³-hybridized carbons (Fsp3) is 0.391. The third kappa shape index (κ3) is 4.28. The van der Waals surface area contributed by atoms with E-state index in [1.54, 1.807) is 6.26 Å². The number of aromatic nitrogens is 1. The average Bonchev–Trinajstić information content (AvgIpc) is 3.26. The van der Waals surface area contributed by atoms with Crippen LogP contribution in [0.3, 0.4) is 0 Å². The number of rotatable bonds is 7. The number of carbonyl (C=O) groups excluding carboxylic acids is 1. The first-order chi connectivity index (χ1) is 13.3. The molecule has 1 aliphatic rings. The van der Waals surface area contributed by atoms with E-state index in [0.29, 0.717) is 12.2 Å². The topological polar surface area (TPSA) is 46.3 Å². The van der Waals surface area contributed by atoms with Crippen molar-refractivity contribution in [1.29, 1.82) is 0 Å². The number of ketones is 1. The second-order valence-electron chi connectivity index (χ2n) is 7.33. The number of para-hydroxylation sites is 1. The lowest BCUT2D eigenvalue weighted by Gasteiger charge is -2.26. The Balaban J connectivity index is 1.47. The van der Waals surface area contributed by atoms with Gasteiger partial charge in [-0.25, -0.2) is 4.98 Å². The summed E-state index contributed by atoms with van der Waals surface area (Å²) in [4.78, 5) is 20.2. The van der Waals surface area contributed by atoms with E-state index in [-0.39, 0.29) is 5.78 Å². The molecule has 27 heavy (non-hydrogen) atoms. The highest BCUT2D eigenvalue weighted by molar-refractivity contribution is 6.08. The van der Waals surface area contributed by atoms with Crippen molar-refractivity contribution in [1.82, 2.24) is 9.88 Å². The van der Waals surface area contributed by atoms with Crippen LogP contribution in [0.15, 0.2) is 53.1 Å². The van der Waals surface area contributed by atoms with Gasteiger partial charge in [0.15, 0.2) is 11.5 Å². The summed E-state index contributed by atoms with van der Waals surface area (Å²) >= 11 is 0. The largest absolute Gasteiger partial charge is 0.463 e. The van der Waals surface area contributed by atoms with Crippen LogP contribution < -0.4 is 0 Å². The first kappa shape index (κ1) is 17.9. The molecular formula is C23H26N2O2. The lowest BCUT2D eigenvalue weighted by molar-refractivity contribution is 0.0979. The number of furan rings is 1. The molecule has 0 N–H and O–H groups in total. The van der Waals surface area contributed by atoms with Crippen LogP contribution >= 0.6 is 0 Å². The van der Waals surface area contributed by atoms with Crippen LogP contribution in [0.4, 0.5) is 0 Å². The standard InChI is InChI=1S/C23H26N2O2/c26-22(11-4-7-15-25-13-5-1-6-14-25)19-17-21(23-12-8-16-27-23)24-20-10-3-2-9-18(19)20/h2-3,8-10,12,16-17H,1,4-7,11,13-15H2. The van der Waals surface area contributed by atoms with Gasteiger partial charge < -0.3 is 9.32 Å². The molecule has 0 saturated carbocycles. The Bertz CT molecular complexity index is 896.